The predicted octanol–water partition coefficient (Wildman–Crippen LogP) is 2.03. The normalized spacial score (nSPS) is 22.8. The molecule has 1 aromatic heterocycles. The molecule has 2 atom stereocenters. The van der Waals surface area contributed by atoms with E-state index >= 15 is 0 Å². The van der Waals surface area contributed by atoms with Crippen molar-refractivity contribution in [2.24, 2.45) is 11.7 Å². The number of hydrogen-bond donors (Lipinski definition) is 1. The van der Waals surface area contributed by atoms with Gasteiger partial charge in [-0.1, -0.05) is 0 Å². The van der Waals surface area contributed by atoms with E-state index in [1.165, 1.54) is 12.8 Å². The molecule has 0 bridgehead atoms. The third kappa shape index (κ3) is 3.18. The molecule has 2 heterocycles. The summed E-state index contributed by atoms with van der Waals surface area (Å²) < 4.78 is 5.25. The van der Waals surface area contributed by atoms with Crippen LogP contribution in [0.15, 0.2) is 5.38 Å². The summed E-state index contributed by atoms with van der Waals surface area (Å²) in [6, 6.07) is 0.0274. The maximum atomic E-state index is 5.84. The summed E-state index contributed by atoms with van der Waals surface area (Å²) in [6.45, 7) is 4.98. The summed E-state index contributed by atoms with van der Waals surface area (Å²) in [6.07, 6.45) is 2.48. The van der Waals surface area contributed by atoms with Gasteiger partial charge in [-0.15, -0.1) is 11.3 Å². The van der Waals surface area contributed by atoms with E-state index in [0.717, 1.165) is 30.5 Å². The van der Waals surface area contributed by atoms with E-state index in [0.29, 0.717) is 5.92 Å². The van der Waals surface area contributed by atoms with E-state index in [4.69, 9.17) is 10.5 Å². The molecule has 17 heavy (non-hydrogen) atoms. The second kappa shape index (κ2) is 5.80. The molecule has 0 aliphatic carbocycles. The zero-order valence-corrected chi connectivity index (χ0v) is 11.4. The molecule has 0 amide bonds. The number of piperidine rings is 1. The summed E-state index contributed by atoms with van der Waals surface area (Å²) in [5.74, 6) is 0.636. The minimum absolute atomic E-state index is 0.0274. The van der Waals surface area contributed by atoms with Gasteiger partial charge >= 0.3 is 0 Å². The summed E-state index contributed by atoms with van der Waals surface area (Å²) in [5.41, 5.74) is 6.84. The first-order chi connectivity index (χ1) is 8.20. The number of anilines is 1. The second-order valence-electron chi connectivity index (χ2n) is 4.75. The number of methoxy groups -OCH3 is 1. The first kappa shape index (κ1) is 12.8. The minimum atomic E-state index is 0.0274. The lowest BCUT2D eigenvalue weighted by atomic mass is 9.99. The fourth-order valence-electron chi connectivity index (χ4n) is 2.24. The summed E-state index contributed by atoms with van der Waals surface area (Å²) >= 11 is 1.70. The molecule has 0 aromatic carbocycles. The first-order valence-corrected chi connectivity index (χ1v) is 7.03. The van der Waals surface area contributed by atoms with Crippen molar-refractivity contribution in [3.63, 3.8) is 0 Å². The number of hydrogen-bond acceptors (Lipinski definition) is 5. The van der Waals surface area contributed by atoms with Crippen molar-refractivity contribution in [1.82, 2.24) is 4.98 Å². The van der Waals surface area contributed by atoms with Crippen molar-refractivity contribution in [3.05, 3.63) is 11.1 Å². The third-order valence-corrected chi connectivity index (χ3v) is 4.09. The van der Waals surface area contributed by atoms with Crippen LogP contribution in [0.25, 0.3) is 0 Å². The zero-order valence-electron chi connectivity index (χ0n) is 10.6. The largest absolute Gasteiger partial charge is 0.384 e. The number of aromatic nitrogens is 1. The van der Waals surface area contributed by atoms with Gasteiger partial charge in [-0.3, -0.25) is 0 Å². The van der Waals surface area contributed by atoms with Gasteiger partial charge in [0.25, 0.3) is 0 Å². The molecular formula is C12H21N3OS. The fourth-order valence-corrected chi connectivity index (χ4v) is 3.21. The van der Waals surface area contributed by atoms with Gasteiger partial charge in [0.2, 0.25) is 0 Å². The van der Waals surface area contributed by atoms with Gasteiger partial charge in [-0.25, -0.2) is 4.98 Å². The van der Waals surface area contributed by atoms with E-state index in [1.54, 1.807) is 18.4 Å². The maximum absolute atomic E-state index is 5.84. The van der Waals surface area contributed by atoms with Crippen LogP contribution in [-0.4, -0.2) is 31.8 Å². The van der Waals surface area contributed by atoms with Gasteiger partial charge in [-0.2, -0.15) is 0 Å². The van der Waals surface area contributed by atoms with Crippen molar-refractivity contribution >= 4 is 16.5 Å². The molecule has 5 heteroatoms. The Bertz CT molecular complexity index is 351. The zero-order chi connectivity index (χ0) is 12.3. The summed E-state index contributed by atoms with van der Waals surface area (Å²) in [4.78, 5) is 6.97. The van der Waals surface area contributed by atoms with Gasteiger partial charge in [-0.05, 0) is 25.7 Å². The lowest BCUT2D eigenvalue weighted by Gasteiger charge is -2.32. The molecule has 1 saturated heterocycles. The highest BCUT2D eigenvalue weighted by atomic mass is 32.1. The molecule has 1 aliphatic heterocycles. The third-order valence-electron chi connectivity index (χ3n) is 3.17. The molecule has 1 aliphatic rings. The monoisotopic (exact) mass is 255 g/mol. The predicted molar refractivity (Wildman–Crippen MR) is 71.5 cm³/mol. The van der Waals surface area contributed by atoms with Crippen molar-refractivity contribution in [3.8, 4) is 0 Å². The number of thiazole rings is 1. The molecule has 0 radical (unpaired) electrons. The number of nitrogens with zero attached hydrogens (tertiary/aromatic N) is 2. The smallest absolute Gasteiger partial charge is 0.185 e. The van der Waals surface area contributed by atoms with Crippen LogP contribution in [-0.2, 0) is 4.74 Å². The van der Waals surface area contributed by atoms with Crippen molar-refractivity contribution in [2.75, 3.05) is 31.7 Å². The van der Waals surface area contributed by atoms with Crippen LogP contribution in [0.5, 0.6) is 0 Å². The van der Waals surface area contributed by atoms with E-state index in [9.17, 15) is 0 Å². The Hall–Kier alpha value is -0.650. The van der Waals surface area contributed by atoms with Crippen LogP contribution in [0.3, 0.4) is 0 Å². The van der Waals surface area contributed by atoms with Gasteiger partial charge < -0.3 is 15.4 Å². The Morgan fingerprint density at radius 1 is 1.71 bits per heavy atom. The molecule has 1 fully saturated rings. The van der Waals surface area contributed by atoms with Crippen LogP contribution in [0.4, 0.5) is 5.13 Å². The highest BCUT2D eigenvalue weighted by molar-refractivity contribution is 7.13. The van der Waals surface area contributed by atoms with Crippen LogP contribution >= 0.6 is 11.3 Å². The van der Waals surface area contributed by atoms with Crippen molar-refractivity contribution in [2.45, 2.75) is 25.8 Å². The Kier molecular flexibility index (Phi) is 4.36. The Morgan fingerprint density at radius 3 is 3.18 bits per heavy atom. The first-order valence-electron chi connectivity index (χ1n) is 6.15. The fraction of sp³-hybridized carbons (Fsp3) is 0.750. The Morgan fingerprint density at radius 2 is 2.53 bits per heavy atom. The van der Waals surface area contributed by atoms with Crippen LogP contribution in [0.1, 0.15) is 31.5 Å². The molecular weight excluding hydrogens is 234 g/mol. The molecule has 4 nitrogen and oxygen atoms in total. The molecule has 2 rings (SSSR count). The van der Waals surface area contributed by atoms with E-state index in [2.05, 4.69) is 15.3 Å². The summed E-state index contributed by atoms with van der Waals surface area (Å²) in [7, 11) is 1.77. The second-order valence-corrected chi connectivity index (χ2v) is 5.59. The molecule has 2 unspecified atom stereocenters. The lowest BCUT2D eigenvalue weighted by molar-refractivity contribution is 0.143. The average Bonchev–Trinajstić information content (AvgIpc) is 2.79. The quantitative estimate of drug-likeness (QED) is 0.894. The van der Waals surface area contributed by atoms with Crippen LogP contribution in [0.2, 0.25) is 0 Å². The maximum Gasteiger partial charge on any atom is 0.185 e. The summed E-state index contributed by atoms with van der Waals surface area (Å²) in [5, 5.41) is 3.18. The van der Waals surface area contributed by atoms with E-state index < -0.39 is 0 Å². The number of rotatable bonds is 4. The SMILES string of the molecule is COCC1CCCN(c2nc(C(C)N)cs2)C1. The van der Waals surface area contributed by atoms with Gasteiger partial charge in [0.15, 0.2) is 5.13 Å². The molecule has 0 spiro atoms. The van der Waals surface area contributed by atoms with E-state index in [-0.39, 0.29) is 6.04 Å². The Labute approximate surface area is 107 Å². The molecule has 0 saturated carbocycles. The van der Waals surface area contributed by atoms with Gasteiger partial charge in [0.05, 0.1) is 12.3 Å². The van der Waals surface area contributed by atoms with Crippen molar-refractivity contribution in [1.29, 1.82) is 0 Å². The van der Waals surface area contributed by atoms with Gasteiger partial charge in [0, 0.05) is 31.6 Å². The van der Waals surface area contributed by atoms with E-state index in [1.807, 2.05) is 6.92 Å². The highest BCUT2D eigenvalue weighted by Crippen LogP contribution is 2.27. The Balaban J connectivity index is 2.00. The number of nitrogens with two attached hydrogens (primary N) is 1. The number of ether oxygens (including phenoxy) is 1. The highest BCUT2D eigenvalue weighted by Gasteiger charge is 2.22. The van der Waals surface area contributed by atoms with Gasteiger partial charge in [0.1, 0.15) is 0 Å². The molecule has 2 N–H and O–H groups in total. The topological polar surface area (TPSA) is 51.4 Å². The molecule has 1 aromatic rings. The molecule has 96 valence electrons. The van der Waals surface area contributed by atoms with Crippen LogP contribution in [0, 0.1) is 5.92 Å². The van der Waals surface area contributed by atoms with Crippen molar-refractivity contribution < 1.29 is 4.74 Å². The standard InChI is InChI=1S/C12H21N3OS/c1-9(13)11-8-17-12(14-11)15-5-3-4-10(6-15)7-16-2/h8-10H,3-7,13H2,1-2H3. The average molecular weight is 255 g/mol. The minimum Gasteiger partial charge on any atom is -0.384 e. The van der Waals surface area contributed by atoms with Crippen LogP contribution < -0.4 is 10.6 Å². The lowest BCUT2D eigenvalue weighted by Crippen LogP contribution is -2.37.